The minimum atomic E-state index is -4.34. The number of halogens is 3. The largest absolute Gasteiger partial charge is 0.418 e. The van der Waals surface area contributed by atoms with Gasteiger partial charge in [-0.15, -0.1) is 0 Å². The Hall–Kier alpha value is -1.27. The van der Waals surface area contributed by atoms with Crippen molar-refractivity contribution in [3.05, 3.63) is 29.3 Å². The Morgan fingerprint density at radius 2 is 2.15 bits per heavy atom. The molecular weight excluding hydrogens is 269 g/mol. The lowest BCUT2D eigenvalue weighted by atomic mass is 10.1. The van der Waals surface area contributed by atoms with Crippen molar-refractivity contribution in [3.63, 3.8) is 0 Å². The molecule has 1 aromatic carbocycles. The van der Waals surface area contributed by atoms with Crippen LogP contribution in [0, 0.1) is 0 Å². The zero-order valence-electron chi connectivity index (χ0n) is 11.6. The van der Waals surface area contributed by atoms with Crippen LogP contribution in [0.3, 0.4) is 0 Å². The van der Waals surface area contributed by atoms with Gasteiger partial charge in [0.25, 0.3) is 0 Å². The predicted octanol–water partition coefficient (Wildman–Crippen LogP) is 2.65. The van der Waals surface area contributed by atoms with Gasteiger partial charge in [-0.1, -0.05) is 6.07 Å². The molecule has 6 heteroatoms. The SMILES string of the molecule is CNCc1ccc(N2CCC(OC)C2)c(C(F)(F)F)c1. The number of anilines is 1. The van der Waals surface area contributed by atoms with Crippen molar-refractivity contribution in [1.82, 2.24) is 5.32 Å². The van der Waals surface area contributed by atoms with Gasteiger partial charge in [0.05, 0.1) is 11.7 Å². The topological polar surface area (TPSA) is 24.5 Å². The Morgan fingerprint density at radius 3 is 2.70 bits per heavy atom. The third-order valence-electron chi connectivity index (χ3n) is 3.57. The van der Waals surface area contributed by atoms with Crippen LogP contribution in [0.5, 0.6) is 0 Å². The fraction of sp³-hybridized carbons (Fsp3) is 0.571. The van der Waals surface area contributed by atoms with E-state index in [9.17, 15) is 13.2 Å². The maximum atomic E-state index is 13.2. The van der Waals surface area contributed by atoms with Gasteiger partial charge in [0.2, 0.25) is 0 Å². The van der Waals surface area contributed by atoms with Crippen LogP contribution in [0.4, 0.5) is 18.9 Å². The van der Waals surface area contributed by atoms with Gasteiger partial charge in [0.15, 0.2) is 0 Å². The van der Waals surface area contributed by atoms with Gasteiger partial charge >= 0.3 is 6.18 Å². The van der Waals surface area contributed by atoms with E-state index in [1.807, 2.05) is 0 Å². The molecule has 0 aromatic heterocycles. The number of nitrogens with one attached hydrogen (secondary N) is 1. The van der Waals surface area contributed by atoms with Crippen LogP contribution in [0.1, 0.15) is 17.5 Å². The molecule has 0 amide bonds. The number of hydrogen-bond acceptors (Lipinski definition) is 3. The lowest BCUT2D eigenvalue weighted by Gasteiger charge is -2.23. The van der Waals surface area contributed by atoms with E-state index in [0.29, 0.717) is 25.2 Å². The monoisotopic (exact) mass is 288 g/mol. The summed E-state index contributed by atoms with van der Waals surface area (Å²) in [5, 5.41) is 2.87. The molecule has 0 aliphatic carbocycles. The van der Waals surface area contributed by atoms with Crippen LogP contribution in [0.25, 0.3) is 0 Å². The van der Waals surface area contributed by atoms with E-state index in [-0.39, 0.29) is 11.8 Å². The highest BCUT2D eigenvalue weighted by atomic mass is 19.4. The second-order valence-corrected chi connectivity index (χ2v) is 4.97. The van der Waals surface area contributed by atoms with Gasteiger partial charge in [-0.2, -0.15) is 13.2 Å². The summed E-state index contributed by atoms with van der Waals surface area (Å²) < 4.78 is 44.9. The van der Waals surface area contributed by atoms with Gasteiger partial charge < -0.3 is 15.0 Å². The summed E-state index contributed by atoms with van der Waals surface area (Å²) in [6.07, 6.45) is -3.58. The molecule has 1 N–H and O–H groups in total. The van der Waals surface area contributed by atoms with E-state index in [0.717, 1.165) is 6.42 Å². The molecule has 1 aliphatic heterocycles. The molecule has 0 spiro atoms. The van der Waals surface area contributed by atoms with E-state index in [1.165, 1.54) is 6.07 Å². The first-order chi connectivity index (χ1) is 9.45. The van der Waals surface area contributed by atoms with E-state index in [1.54, 1.807) is 31.2 Å². The van der Waals surface area contributed by atoms with E-state index in [4.69, 9.17) is 4.74 Å². The van der Waals surface area contributed by atoms with E-state index < -0.39 is 11.7 Å². The molecule has 1 saturated heterocycles. The molecular formula is C14H19F3N2O. The number of ether oxygens (including phenoxy) is 1. The molecule has 0 bridgehead atoms. The van der Waals surface area contributed by atoms with Crippen molar-refractivity contribution >= 4 is 5.69 Å². The second kappa shape index (κ2) is 6.01. The third-order valence-corrected chi connectivity index (χ3v) is 3.57. The summed E-state index contributed by atoms with van der Waals surface area (Å²) >= 11 is 0. The molecule has 1 atom stereocenters. The van der Waals surface area contributed by atoms with Gasteiger partial charge in [-0.25, -0.2) is 0 Å². The molecule has 0 saturated carbocycles. The Labute approximate surface area is 116 Å². The summed E-state index contributed by atoms with van der Waals surface area (Å²) in [5.74, 6) is 0. The first-order valence-corrected chi connectivity index (χ1v) is 6.58. The van der Waals surface area contributed by atoms with Crippen molar-refractivity contribution in [2.75, 3.05) is 32.1 Å². The first-order valence-electron chi connectivity index (χ1n) is 6.58. The lowest BCUT2D eigenvalue weighted by molar-refractivity contribution is -0.137. The molecule has 2 rings (SSSR count). The summed E-state index contributed by atoms with van der Waals surface area (Å²) in [6, 6.07) is 4.53. The molecule has 1 aliphatic rings. The highest BCUT2D eigenvalue weighted by Crippen LogP contribution is 2.38. The minimum Gasteiger partial charge on any atom is -0.380 e. The van der Waals surface area contributed by atoms with Gasteiger partial charge in [-0.3, -0.25) is 0 Å². The van der Waals surface area contributed by atoms with Crippen molar-refractivity contribution in [1.29, 1.82) is 0 Å². The van der Waals surface area contributed by atoms with Crippen molar-refractivity contribution in [2.45, 2.75) is 25.2 Å². The average molecular weight is 288 g/mol. The van der Waals surface area contributed by atoms with Crippen LogP contribution < -0.4 is 10.2 Å². The maximum absolute atomic E-state index is 13.2. The highest BCUT2D eigenvalue weighted by molar-refractivity contribution is 5.57. The third kappa shape index (κ3) is 3.24. The number of alkyl halides is 3. The smallest absolute Gasteiger partial charge is 0.380 e. The number of benzene rings is 1. The number of hydrogen-bond donors (Lipinski definition) is 1. The lowest BCUT2D eigenvalue weighted by Crippen LogP contribution is -2.25. The number of rotatable bonds is 4. The Morgan fingerprint density at radius 1 is 1.40 bits per heavy atom. The van der Waals surface area contributed by atoms with Gasteiger partial charge in [-0.05, 0) is 31.2 Å². The van der Waals surface area contributed by atoms with Gasteiger partial charge in [0.1, 0.15) is 0 Å². The minimum absolute atomic E-state index is 0.00747. The van der Waals surface area contributed by atoms with Crippen LogP contribution in [0.15, 0.2) is 18.2 Å². The second-order valence-electron chi connectivity index (χ2n) is 4.97. The Bertz CT molecular complexity index is 462. The summed E-state index contributed by atoms with van der Waals surface area (Å²) in [5.41, 5.74) is 0.310. The van der Waals surface area contributed by atoms with E-state index >= 15 is 0 Å². The standard InChI is InChI=1S/C14H19F3N2O/c1-18-8-10-3-4-13(12(7-10)14(15,16)17)19-6-5-11(9-19)20-2/h3-4,7,11,18H,5-6,8-9H2,1-2H3. The summed E-state index contributed by atoms with van der Waals surface area (Å²) in [6.45, 7) is 1.52. The number of methoxy groups -OCH3 is 1. The molecule has 112 valence electrons. The molecule has 20 heavy (non-hydrogen) atoms. The number of nitrogens with zero attached hydrogens (tertiary/aromatic N) is 1. The molecule has 1 unspecified atom stereocenters. The predicted molar refractivity (Wildman–Crippen MR) is 71.8 cm³/mol. The Kier molecular flexibility index (Phi) is 4.55. The quantitative estimate of drug-likeness (QED) is 0.922. The summed E-state index contributed by atoms with van der Waals surface area (Å²) in [4.78, 5) is 1.75. The molecule has 1 aromatic rings. The zero-order chi connectivity index (χ0) is 14.8. The summed E-state index contributed by atoms with van der Waals surface area (Å²) in [7, 11) is 3.31. The fourth-order valence-corrected chi connectivity index (χ4v) is 2.54. The van der Waals surface area contributed by atoms with Crippen LogP contribution in [-0.2, 0) is 17.5 Å². The molecule has 3 nitrogen and oxygen atoms in total. The molecule has 1 fully saturated rings. The van der Waals surface area contributed by atoms with E-state index in [2.05, 4.69) is 5.32 Å². The molecule has 1 heterocycles. The Balaban J connectivity index is 2.32. The normalized spacial score (nSPS) is 19.6. The van der Waals surface area contributed by atoms with Crippen LogP contribution in [-0.4, -0.2) is 33.4 Å². The maximum Gasteiger partial charge on any atom is 0.418 e. The van der Waals surface area contributed by atoms with Gasteiger partial charge in [0, 0.05) is 32.4 Å². The van der Waals surface area contributed by atoms with Crippen molar-refractivity contribution in [2.24, 2.45) is 0 Å². The zero-order valence-corrected chi connectivity index (χ0v) is 11.6. The van der Waals surface area contributed by atoms with Crippen molar-refractivity contribution < 1.29 is 17.9 Å². The van der Waals surface area contributed by atoms with Crippen molar-refractivity contribution in [3.8, 4) is 0 Å². The highest BCUT2D eigenvalue weighted by Gasteiger charge is 2.36. The average Bonchev–Trinajstić information content (AvgIpc) is 2.87. The van der Waals surface area contributed by atoms with Crippen LogP contribution in [0.2, 0.25) is 0 Å². The first kappa shape index (κ1) is 15.1. The van der Waals surface area contributed by atoms with Crippen LogP contribution >= 0.6 is 0 Å². The fourth-order valence-electron chi connectivity index (χ4n) is 2.54. The molecule has 0 radical (unpaired) electrons.